The number of nitrogen functional groups attached to an aromatic ring is 1. The van der Waals surface area contributed by atoms with Crippen molar-refractivity contribution in [1.82, 2.24) is 5.43 Å². The van der Waals surface area contributed by atoms with Crippen LogP contribution in [0.25, 0.3) is 0 Å². The fourth-order valence-electron chi connectivity index (χ4n) is 2.49. The molecule has 0 spiro atoms. The van der Waals surface area contributed by atoms with E-state index >= 15 is 0 Å². The van der Waals surface area contributed by atoms with E-state index in [1.807, 2.05) is 38.1 Å². The van der Waals surface area contributed by atoms with Crippen LogP contribution in [0.15, 0.2) is 34.8 Å². The van der Waals surface area contributed by atoms with E-state index < -0.39 is 0 Å². The molecule has 1 atom stereocenters. The monoisotopic (exact) mass is 349 g/mol. The minimum Gasteiger partial charge on any atom is -0.496 e. The van der Waals surface area contributed by atoms with Gasteiger partial charge in [-0.2, -0.15) is 0 Å². The lowest BCUT2D eigenvalue weighted by Gasteiger charge is -2.22. The number of rotatable bonds is 4. The molecule has 0 amide bonds. The van der Waals surface area contributed by atoms with Crippen LogP contribution in [0.4, 0.5) is 5.69 Å². The van der Waals surface area contributed by atoms with Crippen molar-refractivity contribution < 1.29 is 4.74 Å². The van der Waals surface area contributed by atoms with Gasteiger partial charge >= 0.3 is 0 Å². The summed E-state index contributed by atoms with van der Waals surface area (Å²) in [5.41, 5.74) is 13.9. The van der Waals surface area contributed by atoms with Gasteiger partial charge in [0.1, 0.15) is 5.75 Å². The van der Waals surface area contributed by atoms with E-state index in [2.05, 4.69) is 27.4 Å². The summed E-state index contributed by atoms with van der Waals surface area (Å²) >= 11 is 3.48. The number of halogens is 1. The third-order valence-electron chi connectivity index (χ3n) is 3.62. The van der Waals surface area contributed by atoms with Crippen LogP contribution in [0.2, 0.25) is 0 Å². The Morgan fingerprint density at radius 3 is 2.43 bits per heavy atom. The van der Waals surface area contributed by atoms with E-state index in [9.17, 15) is 0 Å². The number of nitrogens with two attached hydrogens (primary N) is 2. The molecule has 0 saturated carbocycles. The Balaban J connectivity index is 2.56. The predicted molar refractivity (Wildman–Crippen MR) is 90.2 cm³/mol. The van der Waals surface area contributed by atoms with Crippen molar-refractivity contribution in [3.05, 3.63) is 57.1 Å². The van der Waals surface area contributed by atoms with Gasteiger partial charge in [-0.1, -0.05) is 22.0 Å². The van der Waals surface area contributed by atoms with Gasteiger partial charge in [0.2, 0.25) is 0 Å². The first-order chi connectivity index (χ1) is 9.97. The highest BCUT2D eigenvalue weighted by Crippen LogP contribution is 2.33. The fraction of sp³-hybridized carbons (Fsp3) is 0.250. The van der Waals surface area contributed by atoms with E-state index in [1.54, 1.807) is 7.11 Å². The summed E-state index contributed by atoms with van der Waals surface area (Å²) < 4.78 is 6.33. The van der Waals surface area contributed by atoms with Crippen LogP contribution >= 0.6 is 15.9 Å². The molecule has 4 nitrogen and oxygen atoms in total. The second kappa shape index (κ2) is 6.47. The molecule has 0 saturated heterocycles. The zero-order valence-electron chi connectivity index (χ0n) is 12.4. The molecule has 0 aliphatic rings. The fourth-order valence-corrected chi connectivity index (χ4v) is 2.86. The number of anilines is 1. The van der Waals surface area contributed by atoms with Gasteiger partial charge in [-0.15, -0.1) is 0 Å². The van der Waals surface area contributed by atoms with E-state index in [1.165, 1.54) is 0 Å². The molecule has 5 heteroatoms. The Bertz CT molecular complexity index is 658. The number of hydrazine groups is 1. The summed E-state index contributed by atoms with van der Waals surface area (Å²) in [4.78, 5) is 0. The molecule has 0 aliphatic carbocycles. The van der Waals surface area contributed by atoms with Crippen LogP contribution in [0.1, 0.15) is 28.3 Å². The number of ether oxygens (including phenoxy) is 1. The van der Waals surface area contributed by atoms with E-state index in [4.69, 9.17) is 16.3 Å². The van der Waals surface area contributed by atoms with Gasteiger partial charge in [0.15, 0.2) is 0 Å². The minimum atomic E-state index is -0.174. The topological polar surface area (TPSA) is 73.3 Å². The number of nitrogens with one attached hydrogen (secondary N) is 1. The number of hydrogen-bond acceptors (Lipinski definition) is 4. The standard InChI is InChI=1S/C16H20BrN3O/c1-9-7-15(21-3)10(2)6-12(9)16(20-19)13-8-11(17)4-5-14(13)18/h4-8,16,20H,18-19H2,1-3H3. The summed E-state index contributed by atoms with van der Waals surface area (Å²) in [6, 6.07) is 9.70. The molecule has 0 aliphatic heterocycles. The van der Waals surface area contributed by atoms with E-state index in [0.29, 0.717) is 5.69 Å². The largest absolute Gasteiger partial charge is 0.496 e. The lowest BCUT2D eigenvalue weighted by molar-refractivity contribution is 0.411. The molecule has 112 valence electrons. The number of methoxy groups -OCH3 is 1. The maximum absolute atomic E-state index is 6.11. The van der Waals surface area contributed by atoms with Crippen LogP contribution in [-0.4, -0.2) is 7.11 Å². The normalized spacial score (nSPS) is 12.2. The average Bonchev–Trinajstić information content (AvgIpc) is 2.46. The van der Waals surface area contributed by atoms with Gasteiger partial charge in [0.05, 0.1) is 13.2 Å². The van der Waals surface area contributed by atoms with Crippen molar-refractivity contribution in [3.8, 4) is 5.75 Å². The van der Waals surface area contributed by atoms with Crippen molar-refractivity contribution in [2.75, 3.05) is 12.8 Å². The van der Waals surface area contributed by atoms with Crippen LogP contribution in [-0.2, 0) is 0 Å². The molecule has 0 heterocycles. The molecule has 0 fully saturated rings. The second-order valence-electron chi connectivity index (χ2n) is 5.05. The van der Waals surface area contributed by atoms with Crippen LogP contribution in [0.3, 0.4) is 0 Å². The summed E-state index contributed by atoms with van der Waals surface area (Å²) in [5, 5.41) is 0. The molecule has 0 aromatic heterocycles. The van der Waals surface area contributed by atoms with Gasteiger partial charge in [-0.25, -0.2) is 5.43 Å². The van der Waals surface area contributed by atoms with Crippen molar-refractivity contribution >= 4 is 21.6 Å². The molecular weight excluding hydrogens is 330 g/mol. The Kier molecular flexibility index (Phi) is 4.88. The molecular formula is C16H20BrN3O. The Hall–Kier alpha value is -1.56. The Morgan fingerprint density at radius 2 is 1.81 bits per heavy atom. The molecule has 2 aromatic carbocycles. The molecule has 2 rings (SSSR count). The summed E-state index contributed by atoms with van der Waals surface area (Å²) in [5.74, 6) is 6.66. The average molecular weight is 350 g/mol. The Morgan fingerprint density at radius 1 is 1.10 bits per heavy atom. The highest BCUT2D eigenvalue weighted by Gasteiger charge is 2.19. The van der Waals surface area contributed by atoms with Gasteiger partial charge in [0.25, 0.3) is 0 Å². The first kappa shape index (κ1) is 15.8. The minimum absolute atomic E-state index is 0.174. The highest BCUT2D eigenvalue weighted by molar-refractivity contribution is 9.10. The maximum Gasteiger partial charge on any atom is 0.122 e. The summed E-state index contributed by atoms with van der Waals surface area (Å²) in [6.45, 7) is 4.05. The van der Waals surface area contributed by atoms with E-state index in [0.717, 1.165) is 32.5 Å². The van der Waals surface area contributed by atoms with Gasteiger partial charge in [0, 0.05) is 10.2 Å². The predicted octanol–water partition coefficient (Wildman–Crippen LogP) is 3.21. The number of benzene rings is 2. The van der Waals surface area contributed by atoms with Crippen LogP contribution in [0.5, 0.6) is 5.75 Å². The number of hydrogen-bond donors (Lipinski definition) is 3. The van der Waals surface area contributed by atoms with Gasteiger partial charge < -0.3 is 10.5 Å². The van der Waals surface area contributed by atoms with Crippen molar-refractivity contribution in [2.24, 2.45) is 5.84 Å². The Labute approximate surface area is 133 Å². The van der Waals surface area contributed by atoms with Crippen molar-refractivity contribution in [1.29, 1.82) is 0 Å². The number of aryl methyl sites for hydroxylation is 2. The lowest BCUT2D eigenvalue weighted by Crippen LogP contribution is -2.30. The first-order valence-corrected chi connectivity index (χ1v) is 7.43. The molecule has 0 radical (unpaired) electrons. The summed E-state index contributed by atoms with van der Waals surface area (Å²) in [7, 11) is 1.67. The van der Waals surface area contributed by atoms with Gasteiger partial charge in [-0.3, -0.25) is 5.84 Å². The SMILES string of the molecule is COc1cc(C)c(C(NN)c2cc(Br)ccc2N)cc1C. The van der Waals surface area contributed by atoms with Crippen molar-refractivity contribution in [2.45, 2.75) is 19.9 Å². The van der Waals surface area contributed by atoms with Crippen LogP contribution in [0, 0.1) is 13.8 Å². The van der Waals surface area contributed by atoms with Crippen LogP contribution < -0.4 is 21.7 Å². The molecule has 21 heavy (non-hydrogen) atoms. The third-order valence-corrected chi connectivity index (χ3v) is 4.11. The lowest BCUT2D eigenvalue weighted by atomic mass is 9.92. The zero-order chi connectivity index (χ0) is 15.6. The first-order valence-electron chi connectivity index (χ1n) is 6.64. The van der Waals surface area contributed by atoms with Gasteiger partial charge in [-0.05, 0) is 60.4 Å². The molecule has 0 bridgehead atoms. The zero-order valence-corrected chi connectivity index (χ0v) is 14.0. The highest BCUT2D eigenvalue weighted by atomic mass is 79.9. The van der Waals surface area contributed by atoms with Crippen molar-refractivity contribution in [3.63, 3.8) is 0 Å². The molecule has 2 aromatic rings. The third kappa shape index (κ3) is 3.20. The molecule has 1 unspecified atom stereocenters. The summed E-state index contributed by atoms with van der Waals surface area (Å²) in [6.07, 6.45) is 0. The maximum atomic E-state index is 6.11. The second-order valence-corrected chi connectivity index (χ2v) is 5.97. The quantitative estimate of drug-likeness (QED) is 0.450. The smallest absolute Gasteiger partial charge is 0.122 e. The van der Waals surface area contributed by atoms with E-state index in [-0.39, 0.29) is 6.04 Å². The molecule has 5 N–H and O–H groups in total.